The minimum absolute atomic E-state index is 0. The molecule has 1 rings (SSSR count). The number of hydrogen-bond acceptors (Lipinski definition) is 1. The zero-order valence-corrected chi connectivity index (χ0v) is 7.86. The second-order valence-electron chi connectivity index (χ2n) is 2.66. The van der Waals surface area contributed by atoms with E-state index < -0.39 is 6.17 Å². The van der Waals surface area contributed by atoms with Crippen LogP contribution >= 0.6 is 12.4 Å². The summed E-state index contributed by atoms with van der Waals surface area (Å²) in [6, 6.07) is 5.77. The highest BCUT2D eigenvalue weighted by Crippen LogP contribution is 2.06. The zero-order chi connectivity index (χ0) is 8.97. The Labute approximate surface area is 82.4 Å². The summed E-state index contributed by atoms with van der Waals surface area (Å²) in [5.41, 5.74) is 5.87. The molecule has 1 aromatic rings. The largest absolute Gasteiger partial charge is 0.328 e. The average Bonchev–Trinajstić information content (AvgIpc) is 2.09. The molecule has 13 heavy (non-hydrogen) atoms. The Morgan fingerprint density at radius 1 is 1.23 bits per heavy atom. The lowest BCUT2D eigenvalue weighted by molar-refractivity contribution is 0.340. The highest BCUT2D eigenvalue weighted by Gasteiger charge is 2.04. The van der Waals surface area contributed by atoms with E-state index in [1.54, 1.807) is 12.1 Å². The monoisotopic (exact) mass is 207 g/mol. The molecule has 2 N–H and O–H groups in total. The van der Waals surface area contributed by atoms with Crippen molar-refractivity contribution >= 4 is 12.4 Å². The molecule has 0 saturated heterocycles. The standard InChI is InChI=1S/C9H11F2N.ClH/c10-8-3-1-7(2-4-8)5-9(11)6-12;/h1-4,9H,5-6,12H2;1H. The lowest BCUT2D eigenvalue weighted by atomic mass is 10.1. The first-order valence-electron chi connectivity index (χ1n) is 3.81. The van der Waals surface area contributed by atoms with Crippen LogP contribution in [0.25, 0.3) is 0 Å². The van der Waals surface area contributed by atoms with Crippen molar-refractivity contribution in [1.82, 2.24) is 0 Å². The highest BCUT2D eigenvalue weighted by molar-refractivity contribution is 5.85. The summed E-state index contributed by atoms with van der Waals surface area (Å²) in [7, 11) is 0. The lowest BCUT2D eigenvalue weighted by Crippen LogP contribution is -2.17. The van der Waals surface area contributed by atoms with E-state index in [0.29, 0.717) is 0 Å². The fourth-order valence-corrected chi connectivity index (χ4v) is 0.960. The van der Waals surface area contributed by atoms with E-state index >= 15 is 0 Å². The second-order valence-corrected chi connectivity index (χ2v) is 2.66. The van der Waals surface area contributed by atoms with E-state index in [1.807, 2.05) is 0 Å². The van der Waals surface area contributed by atoms with Crippen molar-refractivity contribution in [2.24, 2.45) is 5.73 Å². The third kappa shape index (κ3) is 4.20. The number of halogens is 3. The topological polar surface area (TPSA) is 26.0 Å². The maximum atomic E-state index is 12.7. The minimum Gasteiger partial charge on any atom is -0.328 e. The molecule has 0 bridgehead atoms. The minimum atomic E-state index is -1.03. The SMILES string of the molecule is Cl.NCC(F)Cc1ccc(F)cc1. The predicted molar refractivity (Wildman–Crippen MR) is 51.3 cm³/mol. The molecule has 0 aliphatic rings. The molecule has 4 heteroatoms. The van der Waals surface area contributed by atoms with Crippen molar-refractivity contribution in [3.05, 3.63) is 35.6 Å². The van der Waals surface area contributed by atoms with Gasteiger partial charge in [0.15, 0.2) is 0 Å². The highest BCUT2D eigenvalue weighted by atomic mass is 35.5. The van der Waals surface area contributed by atoms with Gasteiger partial charge in [0, 0.05) is 13.0 Å². The molecule has 0 amide bonds. The Balaban J connectivity index is 0.00000144. The molecule has 0 spiro atoms. The summed E-state index contributed by atoms with van der Waals surface area (Å²) < 4.78 is 25.1. The van der Waals surface area contributed by atoms with Crippen LogP contribution in [0.1, 0.15) is 5.56 Å². The van der Waals surface area contributed by atoms with Crippen molar-refractivity contribution in [3.63, 3.8) is 0 Å². The molecule has 0 fully saturated rings. The van der Waals surface area contributed by atoms with Crippen LogP contribution in [0.3, 0.4) is 0 Å². The van der Waals surface area contributed by atoms with Gasteiger partial charge in [0.1, 0.15) is 12.0 Å². The van der Waals surface area contributed by atoms with E-state index in [0.717, 1.165) is 5.56 Å². The molecule has 0 heterocycles. The zero-order valence-electron chi connectivity index (χ0n) is 7.04. The van der Waals surface area contributed by atoms with Gasteiger partial charge in [-0.2, -0.15) is 0 Å². The molecular weight excluding hydrogens is 196 g/mol. The summed E-state index contributed by atoms with van der Waals surface area (Å²) in [6.07, 6.45) is -0.771. The second kappa shape index (κ2) is 5.89. The van der Waals surface area contributed by atoms with Crippen molar-refractivity contribution in [2.75, 3.05) is 6.54 Å². The third-order valence-corrected chi connectivity index (χ3v) is 1.63. The number of benzene rings is 1. The van der Waals surface area contributed by atoms with Crippen LogP contribution in [-0.4, -0.2) is 12.7 Å². The van der Waals surface area contributed by atoms with Crippen molar-refractivity contribution in [2.45, 2.75) is 12.6 Å². The van der Waals surface area contributed by atoms with Gasteiger partial charge in [-0.15, -0.1) is 12.4 Å². The van der Waals surface area contributed by atoms with E-state index in [-0.39, 0.29) is 31.2 Å². The van der Waals surface area contributed by atoms with Crippen molar-refractivity contribution in [3.8, 4) is 0 Å². The molecule has 74 valence electrons. The van der Waals surface area contributed by atoms with E-state index in [2.05, 4.69) is 0 Å². The number of nitrogens with two attached hydrogens (primary N) is 1. The number of alkyl halides is 1. The van der Waals surface area contributed by atoms with Crippen LogP contribution in [0, 0.1) is 5.82 Å². The molecule has 0 saturated carbocycles. The van der Waals surface area contributed by atoms with E-state index in [9.17, 15) is 8.78 Å². The summed E-state index contributed by atoms with van der Waals surface area (Å²) in [5.74, 6) is -0.304. The molecule has 0 aromatic heterocycles. The van der Waals surface area contributed by atoms with Crippen molar-refractivity contribution in [1.29, 1.82) is 0 Å². The van der Waals surface area contributed by atoms with Gasteiger partial charge in [-0.25, -0.2) is 8.78 Å². The molecule has 1 nitrogen and oxygen atoms in total. The van der Waals surface area contributed by atoms with Crippen LogP contribution in [-0.2, 0) is 6.42 Å². The Morgan fingerprint density at radius 2 is 1.77 bits per heavy atom. The molecule has 1 aromatic carbocycles. The molecule has 0 aliphatic carbocycles. The predicted octanol–water partition coefficient (Wildman–Crippen LogP) is 2.09. The van der Waals surface area contributed by atoms with Gasteiger partial charge in [0.2, 0.25) is 0 Å². The van der Waals surface area contributed by atoms with Gasteiger partial charge < -0.3 is 5.73 Å². The number of hydrogen-bond donors (Lipinski definition) is 1. The average molecular weight is 208 g/mol. The van der Waals surface area contributed by atoms with Crippen LogP contribution in [0.5, 0.6) is 0 Å². The quantitative estimate of drug-likeness (QED) is 0.807. The van der Waals surface area contributed by atoms with Crippen LogP contribution < -0.4 is 5.73 Å². The van der Waals surface area contributed by atoms with Gasteiger partial charge >= 0.3 is 0 Å². The molecule has 0 aliphatic heterocycles. The summed E-state index contributed by atoms with van der Waals surface area (Å²) in [5, 5.41) is 0. The van der Waals surface area contributed by atoms with Gasteiger partial charge in [-0.1, -0.05) is 12.1 Å². The summed E-state index contributed by atoms with van der Waals surface area (Å²) in [4.78, 5) is 0. The molecule has 1 atom stereocenters. The fraction of sp³-hybridized carbons (Fsp3) is 0.333. The maximum absolute atomic E-state index is 12.7. The lowest BCUT2D eigenvalue weighted by Gasteiger charge is -2.04. The Bertz CT molecular complexity index is 238. The first-order valence-corrected chi connectivity index (χ1v) is 3.81. The van der Waals surface area contributed by atoms with Gasteiger partial charge in [-0.05, 0) is 17.7 Å². The maximum Gasteiger partial charge on any atom is 0.123 e. The Hall–Kier alpha value is -0.670. The van der Waals surface area contributed by atoms with E-state index in [1.165, 1.54) is 12.1 Å². The molecule has 0 radical (unpaired) electrons. The first-order chi connectivity index (χ1) is 5.72. The third-order valence-electron chi connectivity index (χ3n) is 1.63. The van der Waals surface area contributed by atoms with E-state index in [4.69, 9.17) is 5.73 Å². The Kier molecular flexibility index (Phi) is 5.58. The fourth-order valence-electron chi connectivity index (χ4n) is 0.960. The molecular formula is C9H12ClF2N. The van der Waals surface area contributed by atoms with Gasteiger partial charge in [0.25, 0.3) is 0 Å². The van der Waals surface area contributed by atoms with Gasteiger partial charge in [-0.3, -0.25) is 0 Å². The van der Waals surface area contributed by atoms with Gasteiger partial charge in [0.05, 0.1) is 0 Å². The van der Waals surface area contributed by atoms with Crippen LogP contribution in [0.2, 0.25) is 0 Å². The summed E-state index contributed by atoms with van der Waals surface area (Å²) in [6.45, 7) is 0.0113. The van der Waals surface area contributed by atoms with Crippen LogP contribution in [0.4, 0.5) is 8.78 Å². The normalized spacial score (nSPS) is 11.9. The molecule has 1 unspecified atom stereocenters. The Morgan fingerprint density at radius 3 is 2.23 bits per heavy atom. The first kappa shape index (κ1) is 12.3. The number of rotatable bonds is 3. The smallest absolute Gasteiger partial charge is 0.123 e. The van der Waals surface area contributed by atoms with Crippen LogP contribution in [0.15, 0.2) is 24.3 Å². The summed E-state index contributed by atoms with van der Waals surface area (Å²) >= 11 is 0. The van der Waals surface area contributed by atoms with Crippen molar-refractivity contribution < 1.29 is 8.78 Å².